The second-order valence-corrected chi connectivity index (χ2v) is 8.72. The van der Waals surface area contributed by atoms with Crippen LogP contribution in [0.15, 0.2) is 59.5 Å². The highest BCUT2D eigenvalue weighted by Gasteiger charge is 2.21. The number of rotatable bonds is 4. The van der Waals surface area contributed by atoms with Crippen molar-refractivity contribution in [3.05, 3.63) is 71.3 Å². The Balaban J connectivity index is 1.60. The molecule has 0 unspecified atom stereocenters. The topological polar surface area (TPSA) is 63.2 Å². The molecule has 5 heteroatoms. The minimum absolute atomic E-state index is 0.165. The van der Waals surface area contributed by atoms with Gasteiger partial charge in [-0.05, 0) is 54.5 Å². The molecule has 4 rings (SSSR count). The van der Waals surface area contributed by atoms with E-state index < -0.39 is 21.5 Å². The van der Waals surface area contributed by atoms with Crippen LogP contribution < -0.4 is 5.32 Å². The van der Waals surface area contributed by atoms with Crippen LogP contribution in [-0.2, 0) is 27.5 Å². The van der Waals surface area contributed by atoms with Gasteiger partial charge in [-0.3, -0.25) is 4.79 Å². The fourth-order valence-corrected chi connectivity index (χ4v) is 4.68. The molecule has 3 aromatic carbocycles. The molecule has 3 aromatic rings. The Morgan fingerprint density at radius 3 is 2.38 bits per heavy atom. The standard InChI is InChI=1S/C21H19NO3S/c1-14-5-10-17(11-6-14)26(24,25)13-20(23)22-19-12-9-16-8-7-15-3-2-4-18(19)21(15)16/h2-6,9-12H,7-8,13H2,1H3,(H,22,23). The summed E-state index contributed by atoms with van der Waals surface area (Å²) in [7, 11) is -3.67. The number of anilines is 1. The lowest BCUT2D eigenvalue weighted by Crippen LogP contribution is -2.23. The molecular weight excluding hydrogens is 346 g/mol. The van der Waals surface area contributed by atoms with Crippen LogP contribution in [-0.4, -0.2) is 20.1 Å². The van der Waals surface area contributed by atoms with Crippen LogP contribution in [0.2, 0.25) is 0 Å². The van der Waals surface area contributed by atoms with Gasteiger partial charge in [0.1, 0.15) is 5.75 Å². The van der Waals surface area contributed by atoms with E-state index in [4.69, 9.17) is 0 Å². The van der Waals surface area contributed by atoms with Crippen molar-refractivity contribution in [3.8, 4) is 0 Å². The van der Waals surface area contributed by atoms with E-state index in [1.807, 2.05) is 31.2 Å². The van der Waals surface area contributed by atoms with E-state index in [9.17, 15) is 13.2 Å². The van der Waals surface area contributed by atoms with E-state index in [0.717, 1.165) is 23.8 Å². The molecule has 0 radical (unpaired) electrons. The van der Waals surface area contributed by atoms with Gasteiger partial charge in [-0.15, -0.1) is 0 Å². The quantitative estimate of drug-likeness (QED) is 0.767. The van der Waals surface area contributed by atoms with Gasteiger partial charge < -0.3 is 5.32 Å². The second-order valence-electron chi connectivity index (χ2n) is 6.73. The van der Waals surface area contributed by atoms with Crippen LogP contribution in [0, 0.1) is 6.92 Å². The fourth-order valence-electron chi connectivity index (χ4n) is 3.54. The van der Waals surface area contributed by atoms with Crippen molar-refractivity contribution in [1.29, 1.82) is 0 Å². The first-order valence-corrected chi connectivity index (χ1v) is 10.2. The largest absolute Gasteiger partial charge is 0.325 e. The van der Waals surface area contributed by atoms with Crippen LogP contribution in [0.5, 0.6) is 0 Å². The predicted molar refractivity (Wildman–Crippen MR) is 103 cm³/mol. The van der Waals surface area contributed by atoms with Gasteiger partial charge in [-0.25, -0.2) is 8.42 Å². The first-order valence-electron chi connectivity index (χ1n) is 8.57. The number of carbonyl (C=O) groups is 1. The number of aryl methyl sites for hydroxylation is 3. The average Bonchev–Trinajstić information content (AvgIpc) is 3.02. The molecule has 4 nitrogen and oxygen atoms in total. The van der Waals surface area contributed by atoms with Crippen molar-refractivity contribution >= 4 is 32.2 Å². The molecule has 0 atom stereocenters. The highest BCUT2D eigenvalue weighted by Crippen LogP contribution is 2.35. The lowest BCUT2D eigenvalue weighted by molar-refractivity contribution is -0.113. The molecule has 0 bridgehead atoms. The normalized spacial score (nSPS) is 13.1. The third-order valence-corrected chi connectivity index (χ3v) is 6.48. The van der Waals surface area contributed by atoms with Gasteiger partial charge >= 0.3 is 0 Å². The molecule has 1 aliphatic rings. The Morgan fingerprint density at radius 2 is 1.65 bits per heavy atom. The number of hydrogen-bond donors (Lipinski definition) is 1. The zero-order valence-corrected chi connectivity index (χ0v) is 15.3. The molecule has 0 heterocycles. The predicted octanol–water partition coefficient (Wildman–Crippen LogP) is 3.66. The molecule has 0 aromatic heterocycles. The Morgan fingerprint density at radius 1 is 0.962 bits per heavy atom. The highest BCUT2D eigenvalue weighted by molar-refractivity contribution is 7.92. The van der Waals surface area contributed by atoms with Crippen molar-refractivity contribution in [2.75, 3.05) is 11.1 Å². The smallest absolute Gasteiger partial charge is 0.239 e. The molecule has 1 aliphatic carbocycles. The van der Waals surface area contributed by atoms with E-state index in [0.29, 0.717) is 5.69 Å². The Labute approximate surface area is 152 Å². The summed E-state index contributed by atoms with van der Waals surface area (Å²) in [6, 6.07) is 16.5. The van der Waals surface area contributed by atoms with Crippen molar-refractivity contribution < 1.29 is 13.2 Å². The lowest BCUT2D eigenvalue weighted by Gasteiger charge is -2.11. The maximum atomic E-state index is 12.5. The SMILES string of the molecule is Cc1ccc(S(=O)(=O)CC(=O)Nc2ccc3c4c(cccc24)CC3)cc1. The summed E-state index contributed by atoms with van der Waals surface area (Å²) in [5.74, 6) is -1.09. The van der Waals surface area contributed by atoms with Crippen LogP contribution >= 0.6 is 0 Å². The monoisotopic (exact) mass is 365 g/mol. The Kier molecular flexibility index (Phi) is 4.04. The number of nitrogens with one attached hydrogen (secondary N) is 1. The molecule has 0 fully saturated rings. The van der Waals surface area contributed by atoms with Gasteiger partial charge in [0.25, 0.3) is 0 Å². The van der Waals surface area contributed by atoms with E-state index in [1.165, 1.54) is 28.6 Å². The highest BCUT2D eigenvalue weighted by atomic mass is 32.2. The molecule has 1 amide bonds. The number of sulfone groups is 1. The van der Waals surface area contributed by atoms with Gasteiger partial charge in [0, 0.05) is 11.1 Å². The summed E-state index contributed by atoms with van der Waals surface area (Å²) in [4.78, 5) is 12.6. The summed E-state index contributed by atoms with van der Waals surface area (Å²) in [5, 5.41) is 4.94. The van der Waals surface area contributed by atoms with Crippen molar-refractivity contribution in [1.82, 2.24) is 0 Å². The first-order chi connectivity index (χ1) is 12.4. The summed E-state index contributed by atoms with van der Waals surface area (Å²) in [5.41, 5.74) is 4.19. The minimum Gasteiger partial charge on any atom is -0.325 e. The van der Waals surface area contributed by atoms with Crippen molar-refractivity contribution in [3.63, 3.8) is 0 Å². The first kappa shape index (κ1) is 16.8. The minimum atomic E-state index is -3.67. The number of carbonyl (C=O) groups excluding carboxylic acids is 1. The molecule has 0 saturated carbocycles. The second kappa shape index (κ2) is 6.25. The van der Waals surface area contributed by atoms with Gasteiger partial charge in [-0.1, -0.05) is 42.0 Å². The van der Waals surface area contributed by atoms with Gasteiger partial charge in [0.05, 0.1) is 4.90 Å². The van der Waals surface area contributed by atoms with Crippen LogP contribution in [0.1, 0.15) is 16.7 Å². The van der Waals surface area contributed by atoms with E-state index in [-0.39, 0.29) is 4.90 Å². The summed E-state index contributed by atoms with van der Waals surface area (Å²) in [6.45, 7) is 1.89. The maximum absolute atomic E-state index is 12.5. The number of benzene rings is 3. The van der Waals surface area contributed by atoms with Gasteiger partial charge in [-0.2, -0.15) is 0 Å². The van der Waals surface area contributed by atoms with Gasteiger partial charge in [0.15, 0.2) is 9.84 Å². The Bertz CT molecular complexity index is 1110. The number of amides is 1. The van der Waals surface area contributed by atoms with Crippen molar-refractivity contribution in [2.24, 2.45) is 0 Å². The maximum Gasteiger partial charge on any atom is 0.239 e. The molecule has 0 aliphatic heterocycles. The average molecular weight is 365 g/mol. The lowest BCUT2D eigenvalue weighted by atomic mass is 10.0. The third-order valence-electron chi connectivity index (χ3n) is 4.85. The summed E-state index contributed by atoms with van der Waals surface area (Å²) >= 11 is 0. The van der Waals surface area contributed by atoms with Gasteiger partial charge in [0.2, 0.25) is 5.91 Å². The summed E-state index contributed by atoms with van der Waals surface area (Å²) in [6.07, 6.45) is 2.01. The molecule has 132 valence electrons. The fraction of sp³-hybridized carbons (Fsp3) is 0.190. The third kappa shape index (κ3) is 2.99. The Hall–Kier alpha value is -2.66. The number of hydrogen-bond acceptors (Lipinski definition) is 3. The van der Waals surface area contributed by atoms with E-state index in [2.05, 4.69) is 11.4 Å². The molecule has 1 N–H and O–H groups in total. The van der Waals surface area contributed by atoms with Crippen molar-refractivity contribution in [2.45, 2.75) is 24.7 Å². The van der Waals surface area contributed by atoms with E-state index in [1.54, 1.807) is 12.1 Å². The molecule has 0 spiro atoms. The zero-order valence-electron chi connectivity index (χ0n) is 14.5. The van der Waals surface area contributed by atoms with Crippen LogP contribution in [0.3, 0.4) is 0 Å². The van der Waals surface area contributed by atoms with E-state index >= 15 is 0 Å². The van der Waals surface area contributed by atoms with Crippen LogP contribution in [0.25, 0.3) is 10.8 Å². The molecule has 0 saturated heterocycles. The molecular formula is C21H19NO3S. The molecule has 26 heavy (non-hydrogen) atoms. The zero-order chi connectivity index (χ0) is 18.3. The van der Waals surface area contributed by atoms with Crippen LogP contribution in [0.4, 0.5) is 5.69 Å². The summed E-state index contributed by atoms with van der Waals surface area (Å²) < 4.78 is 24.9.